The van der Waals surface area contributed by atoms with Gasteiger partial charge in [0.25, 0.3) is 0 Å². The lowest BCUT2D eigenvalue weighted by Gasteiger charge is -2.07. The van der Waals surface area contributed by atoms with Crippen LogP contribution in [0.2, 0.25) is 0 Å². The predicted octanol–water partition coefficient (Wildman–Crippen LogP) is 2.76. The molecule has 0 saturated heterocycles. The Morgan fingerprint density at radius 3 is 2.78 bits per heavy atom. The number of esters is 1. The quantitative estimate of drug-likeness (QED) is 0.798. The van der Waals surface area contributed by atoms with E-state index in [-0.39, 0.29) is 18.3 Å². The largest absolute Gasteiger partial charge is 0.469 e. The first-order valence-corrected chi connectivity index (χ1v) is 7.53. The number of pyridine rings is 1. The zero-order valence-electron chi connectivity index (χ0n) is 13.1. The third-order valence-corrected chi connectivity index (χ3v) is 3.35. The first kappa shape index (κ1) is 16.7. The molecular formula is C18H20N2O3. The number of nitrogens with one attached hydrogen (secondary N) is 1. The molecule has 5 nitrogen and oxygen atoms in total. The molecule has 0 saturated carbocycles. The van der Waals surface area contributed by atoms with E-state index in [9.17, 15) is 9.59 Å². The molecule has 0 bridgehead atoms. The van der Waals surface area contributed by atoms with E-state index in [0.717, 1.165) is 24.1 Å². The van der Waals surface area contributed by atoms with Crippen molar-refractivity contribution in [2.24, 2.45) is 0 Å². The van der Waals surface area contributed by atoms with E-state index < -0.39 is 0 Å². The van der Waals surface area contributed by atoms with Gasteiger partial charge in [-0.3, -0.25) is 14.6 Å². The molecule has 1 aromatic carbocycles. The number of carbonyl (C=O) groups excluding carboxylic acids is 2. The third-order valence-electron chi connectivity index (χ3n) is 3.35. The van der Waals surface area contributed by atoms with Crippen LogP contribution >= 0.6 is 0 Å². The summed E-state index contributed by atoms with van der Waals surface area (Å²) >= 11 is 0. The Hall–Kier alpha value is -2.69. The minimum Gasteiger partial charge on any atom is -0.469 e. The summed E-state index contributed by atoms with van der Waals surface area (Å²) in [6, 6.07) is 13.0. The molecular weight excluding hydrogens is 292 g/mol. The molecule has 0 aliphatic rings. The van der Waals surface area contributed by atoms with Crippen molar-refractivity contribution in [3.63, 3.8) is 0 Å². The van der Waals surface area contributed by atoms with Gasteiger partial charge >= 0.3 is 5.97 Å². The fourth-order valence-electron chi connectivity index (χ4n) is 2.20. The number of benzene rings is 1. The smallest absolute Gasteiger partial charge is 0.309 e. The zero-order chi connectivity index (χ0) is 16.5. The van der Waals surface area contributed by atoms with E-state index in [1.165, 1.54) is 7.11 Å². The van der Waals surface area contributed by atoms with Crippen molar-refractivity contribution in [1.29, 1.82) is 0 Å². The van der Waals surface area contributed by atoms with Crippen molar-refractivity contribution < 1.29 is 14.3 Å². The Morgan fingerprint density at radius 1 is 1.17 bits per heavy atom. The molecule has 1 amide bonds. The first-order valence-electron chi connectivity index (χ1n) is 7.53. The summed E-state index contributed by atoms with van der Waals surface area (Å²) in [4.78, 5) is 27.5. The second-order valence-corrected chi connectivity index (χ2v) is 5.18. The summed E-state index contributed by atoms with van der Waals surface area (Å²) in [5, 5.41) is 2.85. The summed E-state index contributed by atoms with van der Waals surface area (Å²) in [7, 11) is 1.36. The van der Waals surface area contributed by atoms with Gasteiger partial charge in [0.1, 0.15) is 0 Å². The van der Waals surface area contributed by atoms with Gasteiger partial charge in [0.05, 0.1) is 13.5 Å². The van der Waals surface area contributed by atoms with Gasteiger partial charge in [-0.15, -0.1) is 0 Å². The fourth-order valence-corrected chi connectivity index (χ4v) is 2.20. The molecule has 5 heteroatoms. The monoisotopic (exact) mass is 312 g/mol. The number of nitrogens with zero attached hydrogens (tertiary/aromatic N) is 1. The summed E-state index contributed by atoms with van der Waals surface area (Å²) in [5.74, 6) is -0.347. The minimum absolute atomic E-state index is 0.0452. The van der Waals surface area contributed by atoms with Gasteiger partial charge in [-0.1, -0.05) is 18.2 Å². The second-order valence-electron chi connectivity index (χ2n) is 5.18. The average molecular weight is 312 g/mol. The van der Waals surface area contributed by atoms with Gasteiger partial charge in [-0.25, -0.2) is 0 Å². The Labute approximate surface area is 135 Å². The Morgan fingerprint density at radius 2 is 2.04 bits per heavy atom. The predicted molar refractivity (Wildman–Crippen MR) is 88.0 cm³/mol. The maximum absolute atomic E-state index is 12.0. The number of amides is 1. The molecule has 2 aromatic rings. The summed E-state index contributed by atoms with van der Waals surface area (Å²) in [6.07, 6.45) is 3.89. The van der Waals surface area contributed by atoms with Gasteiger partial charge in [0, 0.05) is 24.0 Å². The van der Waals surface area contributed by atoms with E-state index in [2.05, 4.69) is 15.0 Å². The molecule has 120 valence electrons. The van der Waals surface area contributed by atoms with Gasteiger partial charge in [0.15, 0.2) is 0 Å². The number of aryl methyl sites for hydroxylation is 1. The van der Waals surface area contributed by atoms with E-state index in [1.807, 2.05) is 30.3 Å². The fraction of sp³-hybridized carbons (Fsp3) is 0.278. The van der Waals surface area contributed by atoms with E-state index in [1.54, 1.807) is 18.3 Å². The van der Waals surface area contributed by atoms with Crippen molar-refractivity contribution in [1.82, 2.24) is 4.98 Å². The van der Waals surface area contributed by atoms with E-state index >= 15 is 0 Å². The molecule has 0 unspecified atom stereocenters. The van der Waals surface area contributed by atoms with Crippen LogP contribution in [0.15, 0.2) is 48.7 Å². The van der Waals surface area contributed by atoms with Crippen molar-refractivity contribution >= 4 is 17.6 Å². The Bertz CT molecular complexity index is 656. The standard InChI is InChI=1S/C18H20N2O3/c1-23-18(22)13-14-6-4-9-16(12-14)20-17(21)10-5-8-15-7-2-3-11-19-15/h2-4,6-7,9,11-12H,5,8,10,13H2,1H3,(H,20,21). The van der Waals surface area contributed by atoms with E-state index in [4.69, 9.17) is 0 Å². The molecule has 23 heavy (non-hydrogen) atoms. The van der Waals surface area contributed by atoms with Crippen LogP contribution in [0, 0.1) is 0 Å². The number of hydrogen-bond donors (Lipinski definition) is 1. The molecule has 2 rings (SSSR count). The molecule has 1 aromatic heterocycles. The van der Waals surface area contributed by atoms with E-state index in [0.29, 0.717) is 12.1 Å². The van der Waals surface area contributed by atoms with Crippen LogP contribution < -0.4 is 5.32 Å². The minimum atomic E-state index is -0.302. The number of anilines is 1. The molecule has 0 atom stereocenters. The van der Waals surface area contributed by atoms with Crippen molar-refractivity contribution in [3.8, 4) is 0 Å². The topological polar surface area (TPSA) is 68.3 Å². The highest BCUT2D eigenvalue weighted by Crippen LogP contribution is 2.12. The Kier molecular flexibility index (Phi) is 6.29. The first-order chi connectivity index (χ1) is 11.2. The van der Waals surface area contributed by atoms with Crippen molar-refractivity contribution in [2.75, 3.05) is 12.4 Å². The number of aromatic nitrogens is 1. The number of carbonyl (C=O) groups is 2. The third kappa shape index (κ3) is 5.90. The number of methoxy groups -OCH3 is 1. The Balaban J connectivity index is 1.80. The molecule has 0 radical (unpaired) electrons. The van der Waals surface area contributed by atoms with Crippen LogP contribution in [0.25, 0.3) is 0 Å². The maximum Gasteiger partial charge on any atom is 0.309 e. The van der Waals surface area contributed by atoms with Crippen molar-refractivity contribution in [2.45, 2.75) is 25.7 Å². The molecule has 1 heterocycles. The highest BCUT2D eigenvalue weighted by Gasteiger charge is 2.06. The van der Waals surface area contributed by atoms with Crippen LogP contribution in [-0.4, -0.2) is 24.0 Å². The van der Waals surface area contributed by atoms with Gasteiger partial charge < -0.3 is 10.1 Å². The maximum atomic E-state index is 12.0. The highest BCUT2D eigenvalue weighted by molar-refractivity contribution is 5.90. The van der Waals surface area contributed by atoms with Crippen LogP contribution in [0.1, 0.15) is 24.1 Å². The molecule has 0 aliphatic carbocycles. The molecule has 0 fully saturated rings. The lowest BCUT2D eigenvalue weighted by molar-refractivity contribution is -0.139. The SMILES string of the molecule is COC(=O)Cc1cccc(NC(=O)CCCc2ccccn2)c1. The zero-order valence-corrected chi connectivity index (χ0v) is 13.1. The summed E-state index contributed by atoms with van der Waals surface area (Å²) in [6.45, 7) is 0. The van der Waals surface area contributed by atoms with Crippen molar-refractivity contribution in [3.05, 3.63) is 59.9 Å². The van der Waals surface area contributed by atoms with Gasteiger partial charge in [0.2, 0.25) is 5.91 Å². The number of ether oxygens (including phenoxy) is 1. The molecule has 1 N–H and O–H groups in total. The molecule has 0 aliphatic heterocycles. The average Bonchev–Trinajstić information content (AvgIpc) is 2.56. The van der Waals surface area contributed by atoms with Gasteiger partial charge in [-0.2, -0.15) is 0 Å². The lowest BCUT2D eigenvalue weighted by Crippen LogP contribution is -2.12. The van der Waals surface area contributed by atoms with Crippen LogP contribution in [0.5, 0.6) is 0 Å². The van der Waals surface area contributed by atoms with Crippen LogP contribution in [0.3, 0.4) is 0 Å². The van der Waals surface area contributed by atoms with Gasteiger partial charge in [-0.05, 0) is 42.7 Å². The highest BCUT2D eigenvalue weighted by atomic mass is 16.5. The summed E-state index contributed by atoms with van der Waals surface area (Å²) in [5.41, 5.74) is 2.48. The summed E-state index contributed by atoms with van der Waals surface area (Å²) < 4.78 is 4.64. The molecule has 0 spiro atoms. The number of hydrogen-bond acceptors (Lipinski definition) is 4. The van der Waals surface area contributed by atoms with Crippen LogP contribution in [-0.2, 0) is 27.2 Å². The van der Waals surface area contributed by atoms with Crippen LogP contribution in [0.4, 0.5) is 5.69 Å². The normalized spacial score (nSPS) is 10.1. The number of rotatable bonds is 7. The second kappa shape index (κ2) is 8.68. The lowest BCUT2D eigenvalue weighted by atomic mass is 10.1.